The molecule has 1 aromatic carbocycles. The van der Waals surface area contributed by atoms with Crippen molar-refractivity contribution in [3.05, 3.63) is 90.4 Å². The largest absolute Gasteiger partial charge is 0.351 e. The number of aromatic nitrogens is 2. The van der Waals surface area contributed by atoms with Crippen molar-refractivity contribution in [1.82, 2.24) is 19.8 Å². The summed E-state index contributed by atoms with van der Waals surface area (Å²) in [6, 6.07) is 13.2. The molecule has 6 heteroatoms. The quantitative estimate of drug-likeness (QED) is 0.326. The number of carbonyl (C=O) groups is 2. The molecule has 36 heavy (non-hydrogen) atoms. The Balaban J connectivity index is 1.72. The number of carbonyl (C=O) groups excluding carboxylic acids is 2. The minimum Gasteiger partial charge on any atom is -0.351 e. The Labute approximate surface area is 214 Å². The number of hydrogen-bond acceptors (Lipinski definition) is 3. The highest BCUT2D eigenvalue weighted by atomic mass is 16.2. The fourth-order valence-corrected chi connectivity index (χ4v) is 4.41. The van der Waals surface area contributed by atoms with Crippen LogP contribution in [0.4, 0.5) is 0 Å². The third kappa shape index (κ3) is 7.17. The smallest absolute Gasteiger partial charge is 0.269 e. The van der Waals surface area contributed by atoms with E-state index in [1.165, 1.54) is 5.57 Å². The summed E-state index contributed by atoms with van der Waals surface area (Å²) < 4.78 is 2.24. The lowest BCUT2D eigenvalue weighted by Gasteiger charge is -2.29. The molecular formula is C30H38N4O2. The van der Waals surface area contributed by atoms with Crippen molar-refractivity contribution in [2.45, 2.75) is 52.6 Å². The second kappa shape index (κ2) is 12.9. The van der Waals surface area contributed by atoms with Gasteiger partial charge in [0.05, 0.1) is 0 Å². The lowest BCUT2D eigenvalue weighted by atomic mass is 10.0. The van der Waals surface area contributed by atoms with Crippen LogP contribution < -0.4 is 5.32 Å². The number of fused-ring (bicyclic) bond motifs is 1. The Bertz CT molecular complexity index is 1210. The Morgan fingerprint density at radius 1 is 1.17 bits per heavy atom. The van der Waals surface area contributed by atoms with Gasteiger partial charge in [-0.25, -0.2) is 0 Å². The van der Waals surface area contributed by atoms with Crippen molar-refractivity contribution >= 4 is 22.7 Å². The number of hydrogen-bond donors (Lipinski definition) is 1. The zero-order valence-electron chi connectivity index (χ0n) is 21.9. The van der Waals surface area contributed by atoms with Crippen LogP contribution in [-0.4, -0.2) is 45.9 Å². The van der Waals surface area contributed by atoms with Crippen LogP contribution in [0.15, 0.2) is 79.2 Å². The summed E-state index contributed by atoms with van der Waals surface area (Å²) in [6.07, 6.45) is 9.77. The molecule has 0 spiro atoms. The van der Waals surface area contributed by atoms with Crippen molar-refractivity contribution in [1.29, 1.82) is 0 Å². The molecule has 3 aromatic rings. The second-order valence-electron chi connectivity index (χ2n) is 9.75. The zero-order valence-corrected chi connectivity index (χ0v) is 21.9. The molecule has 0 aliphatic rings. The first-order valence-electron chi connectivity index (χ1n) is 12.6. The first kappa shape index (κ1) is 26.9. The van der Waals surface area contributed by atoms with E-state index in [0.717, 1.165) is 30.3 Å². The minimum absolute atomic E-state index is 0.0140. The van der Waals surface area contributed by atoms with Gasteiger partial charge in [0, 0.05) is 55.0 Å². The molecule has 0 radical (unpaired) electrons. The molecule has 0 saturated heterocycles. The monoisotopic (exact) mass is 486 g/mol. The predicted molar refractivity (Wildman–Crippen MR) is 147 cm³/mol. The van der Waals surface area contributed by atoms with E-state index >= 15 is 0 Å². The highest BCUT2D eigenvalue weighted by Gasteiger charge is 2.22. The van der Waals surface area contributed by atoms with Gasteiger partial charge in [0.15, 0.2) is 0 Å². The van der Waals surface area contributed by atoms with Crippen molar-refractivity contribution in [2.24, 2.45) is 5.92 Å². The predicted octanol–water partition coefficient (Wildman–Crippen LogP) is 5.87. The number of nitrogens with one attached hydrogen (secondary N) is 1. The third-order valence-corrected chi connectivity index (χ3v) is 6.38. The fraction of sp³-hybridized carbons (Fsp3) is 0.367. The van der Waals surface area contributed by atoms with Crippen molar-refractivity contribution in [2.75, 3.05) is 13.6 Å². The van der Waals surface area contributed by atoms with E-state index in [4.69, 9.17) is 0 Å². The normalized spacial score (nSPS) is 12.5. The van der Waals surface area contributed by atoms with E-state index in [0.29, 0.717) is 30.1 Å². The summed E-state index contributed by atoms with van der Waals surface area (Å²) in [6.45, 7) is 11.6. The summed E-state index contributed by atoms with van der Waals surface area (Å²) >= 11 is 0. The molecule has 0 saturated carbocycles. The van der Waals surface area contributed by atoms with Crippen LogP contribution in [0.25, 0.3) is 10.9 Å². The summed E-state index contributed by atoms with van der Waals surface area (Å²) in [5.74, 6) is 0.327. The van der Waals surface area contributed by atoms with Gasteiger partial charge in [-0.15, -0.1) is 0 Å². The van der Waals surface area contributed by atoms with Gasteiger partial charge in [0.1, 0.15) is 5.69 Å². The number of benzene rings is 1. The number of amides is 2. The molecule has 0 bridgehead atoms. The Morgan fingerprint density at radius 3 is 2.67 bits per heavy atom. The third-order valence-electron chi connectivity index (χ3n) is 6.38. The Hall–Kier alpha value is -3.67. The van der Waals surface area contributed by atoms with Crippen LogP contribution in [0, 0.1) is 5.92 Å². The van der Waals surface area contributed by atoms with Crippen molar-refractivity contribution in [3.63, 3.8) is 0 Å². The molecule has 3 rings (SSSR count). The molecule has 1 unspecified atom stereocenters. The van der Waals surface area contributed by atoms with Crippen molar-refractivity contribution < 1.29 is 9.59 Å². The van der Waals surface area contributed by atoms with Crippen LogP contribution in [0.5, 0.6) is 0 Å². The van der Waals surface area contributed by atoms with Crippen LogP contribution in [-0.2, 0) is 6.54 Å². The number of nitrogens with zero attached hydrogens (tertiary/aromatic N) is 3. The molecule has 0 fully saturated rings. The molecule has 1 atom stereocenters. The molecule has 6 nitrogen and oxygen atoms in total. The zero-order chi connectivity index (χ0) is 26.1. The molecule has 190 valence electrons. The molecule has 2 heterocycles. The van der Waals surface area contributed by atoms with E-state index in [1.807, 2.05) is 36.2 Å². The lowest BCUT2D eigenvalue weighted by molar-refractivity contribution is 0.0715. The fourth-order valence-electron chi connectivity index (χ4n) is 4.41. The first-order valence-corrected chi connectivity index (χ1v) is 12.6. The summed E-state index contributed by atoms with van der Waals surface area (Å²) in [5.41, 5.74) is 3.41. The maximum absolute atomic E-state index is 13.5. The van der Waals surface area contributed by atoms with Crippen LogP contribution >= 0.6 is 0 Å². The lowest BCUT2D eigenvalue weighted by Crippen LogP contribution is -2.39. The van der Waals surface area contributed by atoms with Crippen LogP contribution in [0.2, 0.25) is 0 Å². The second-order valence-corrected chi connectivity index (χ2v) is 9.75. The van der Waals surface area contributed by atoms with Crippen LogP contribution in [0.3, 0.4) is 0 Å². The molecule has 0 aliphatic heterocycles. The average Bonchev–Trinajstić information content (AvgIpc) is 3.27. The van der Waals surface area contributed by atoms with Gasteiger partial charge in [0.25, 0.3) is 11.8 Å². The van der Waals surface area contributed by atoms with E-state index in [1.54, 1.807) is 30.5 Å². The molecule has 1 N–H and O–H groups in total. The average molecular weight is 487 g/mol. The van der Waals surface area contributed by atoms with Crippen LogP contribution in [0.1, 0.15) is 60.9 Å². The standard InChI is InChI=1S/C30H38N4O2/c1-6-9-23(4)11-13-26(15-18-32-29(35)27-10-7-8-17-31-27)33(5)30(36)25-12-14-28-24(20-25)16-19-34(28)21-22(2)3/h6-10,12,14,16-17,19-20,22,26H,1,11,13,15,18,21H2,2-5H3,(H,32,35). The topological polar surface area (TPSA) is 67.2 Å². The van der Waals surface area contributed by atoms with E-state index in [2.05, 4.69) is 54.5 Å². The summed E-state index contributed by atoms with van der Waals surface area (Å²) in [4.78, 5) is 31.8. The molecule has 2 aromatic heterocycles. The van der Waals surface area contributed by atoms with E-state index in [-0.39, 0.29) is 17.9 Å². The SMILES string of the molecule is C=CC=C(C)CCC(CCNC(=O)c1ccccn1)N(C)C(=O)c1ccc2c(ccn2CC(C)C)c1. The summed E-state index contributed by atoms with van der Waals surface area (Å²) in [5, 5.41) is 4.01. The van der Waals surface area contributed by atoms with Gasteiger partial charge < -0.3 is 14.8 Å². The van der Waals surface area contributed by atoms with Gasteiger partial charge in [-0.3, -0.25) is 14.6 Å². The molecule has 2 amide bonds. The molecular weight excluding hydrogens is 448 g/mol. The highest BCUT2D eigenvalue weighted by Crippen LogP contribution is 2.22. The number of pyridine rings is 1. The van der Waals surface area contributed by atoms with E-state index in [9.17, 15) is 9.59 Å². The number of rotatable bonds is 12. The summed E-state index contributed by atoms with van der Waals surface area (Å²) in [7, 11) is 1.86. The van der Waals surface area contributed by atoms with Crippen molar-refractivity contribution in [3.8, 4) is 0 Å². The van der Waals surface area contributed by atoms with Gasteiger partial charge >= 0.3 is 0 Å². The van der Waals surface area contributed by atoms with Gasteiger partial charge in [-0.2, -0.15) is 0 Å². The highest BCUT2D eigenvalue weighted by molar-refractivity contribution is 5.98. The number of allylic oxidation sites excluding steroid dienone is 3. The van der Waals surface area contributed by atoms with Gasteiger partial charge in [-0.1, -0.05) is 44.2 Å². The van der Waals surface area contributed by atoms with Gasteiger partial charge in [-0.05, 0) is 68.5 Å². The maximum Gasteiger partial charge on any atom is 0.269 e. The maximum atomic E-state index is 13.5. The van der Waals surface area contributed by atoms with E-state index < -0.39 is 0 Å². The van der Waals surface area contributed by atoms with Gasteiger partial charge in [0.2, 0.25) is 0 Å². The molecule has 0 aliphatic carbocycles. The Morgan fingerprint density at radius 2 is 1.97 bits per heavy atom. The Kier molecular flexibility index (Phi) is 9.62. The first-order chi connectivity index (χ1) is 17.3. The minimum atomic E-state index is -0.206.